The summed E-state index contributed by atoms with van der Waals surface area (Å²) >= 11 is 0. The highest BCUT2D eigenvalue weighted by Crippen LogP contribution is 2.58. The van der Waals surface area contributed by atoms with Crippen molar-refractivity contribution >= 4 is 0 Å². The van der Waals surface area contributed by atoms with Crippen LogP contribution < -0.4 is 0 Å². The highest BCUT2D eigenvalue weighted by molar-refractivity contribution is 5.57. The lowest BCUT2D eigenvalue weighted by molar-refractivity contribution is 0.380. The summed E-state index contributed by atoms with van der Waals surface area (Å²) in [5, 5.41) is 0. The summed E-state index contributed by atoms with van der Waals surface area (Å²) < 4.78 is 0. The van der Waals surface area contributed by atoms with E-state index < -0.39 is 0 Å². The highest BCUT2D eigenvalue weighted by Gasteiger charge is 2.48. The SMILES string of the molecule is CC1(C)c2cccc3c2C2C(=CC=CC21)CC3. The van der Waals surface area contributed by atoms with E-state index in [1.54, 1.807) is 22.3 Å². The number of hydrogen-bond donors (Lipinski definition) is 0. The van der Waals surface area contributed by atoms with Gasteiger partial charge in [-0.2, -0.15) is 0 Å². The van der Waals surface area contributed by atoms with E-state index in [4.69, 9.17) is 0 Å². The van der Waals surface area contributed by atoms with Crippen molar-refractivity contribution < 1.29 is 0 Å². The molecule has 2 atom stereocenters. The van der Waals surface area contributed by atoms with Gasteiger partial charge >= 0.3 is 0 Å². The van der Waals surface area contributed by atoms with Gasteiger partial charge in [-0.15, -0.1) is 0 Å². The summed E-state index contributed by atoms with van der Waals surface area (Å²) in [6, 6.07) is 6.95. The molecule has 4 rings (SSSR count). The van der Waals surface area contributed by atoms with Gasteiger partial charge in [0.25, 0.3) is 0 Å². The lowest BCUT2D eigenvalue weighted by Gasteiger charge is -2.33. The Balaban J connectivity index is 2.07. The first-order valence-electron chi connectivity index (χ1n) is 6.69. The summed E-state index contributed by atoms with van der Waals surface area (Å²) in [6.45, 7) is 4.83. The van der Waals surface area contributed by atoms with Gasteiger partial charge in [0.05, 0.1) is 0 Å². The molecule has 0 heterocycles. The molecule has 0 heteroatoms. The van der Waals surface area contributed by atoms with E-state index in [2.05, 4.69) is 50.3 Å². The maximum absolute atomic E-state index is 2.43. The lowest BCUT2D eigenvalue weighted by atomic mass is 9.70. The Bertz CT molecular complexity index is 557. The van der Waals surface area contributed by atoms with Crippen LogP contribution in [0.4, 0.5) is 0 Å². The van der Waals surface area contributed by atoms with Crippen LogP contribution in [0.15, 0.2) is 42.0 Å². The second-order valence-electron chi connectivity index (χ2n) is 6.23. The topological polar surface area (TPSA) is 0 Å². The molecule has 0 saturated heterocycles. The zero-order valence-electron chi connectivity index (χ0n) is 10.5. The number of allylic oxidation sites excluding steroid dienone is 4. The molecule has 2 unspecified atom stereocenters. The standard InChI is InChI=1S/C17H18/c1-17(2)13-7-3-5-11-9-10-12-6-4-8-14(17)16(12)15(11)13/h3-8,13,15H,9-10H2,1-2H3. The maximum atomic E-state index is 2.43. The highest BCUT2D eigenvalue weighted by atomic mass is 14.5. The summed E-state index contributed by atoms with van der Waals surface area (Å²) in [5.74, 6) is 1.37. The van der Waals surface area contributed by atoms with E-state index >= 15 is 0 Å². The monoisotopic (exact) mass is 222 g/mol. The maximum Gasteiger partial charge on any atom is 0.0128 e. The van der Waals surface area contributed by atoms with Crippen molar-refractivity contribution in [1.29, 1.82) is 0 Å². The van der Waals surface area contributed by atoms with Crippen molar-refractivity contribution in [3.63, 3.8) is 0 Å². The summed E-state index contributed by atoms with van der Waals surface area (Å²) in [7, 11) is 0. The third kappa shape index (κ3) is 1.04. The van der Waals surface area contributed by atoms with Crippen LogP contribution in [-0.4, -0.2) is 0 Å². The van der Waals surface area contributed by atoms with Crippen LogP contribution in [0.3, 0.4) is 0 Å². The van der Waals surface area contributed by atoms with Gasteiger partial charge in [0, 0.05) is 5.92 Å². The van der Waals surface area contributed by atoms with Crippen LogP contribution in [0.25, 0.3) is 0 Å². The predicted octanol–water partition coefficient (Wildman–Crippen LogP) is 4.12. The summed E-state index contributed by atoms with van der Waals surface area (Å²) in [4.78, 5) is 0. The Kier molecular flexibility index (Phi) is 1.67. The molecule has 0 aromatic heterocycles. The van der Waals surface area contributed by atoms with Crippen LogP contribution >= 0.6 is 0 Å². The Labute approximate surface area is 103 Å². The molecule has 1 aromatic carbocycles. The van der Waals surface area contributed by atoms with Crippen LogP contribution in [-0.2, 0) is 11.8 Å². The average molecular weight is 222 g/mol. The molecule has 0 aliphatic heterocycles. The molecule has 3 aliphatic carbocycles. The van der Waals surface area contributed by atoms with Gasteiger partial charge in [0.2, 0.25) is 0 Å². The lowest BCUT2D eigenvalue weighted by Crippen LogP contribution is -2.26. The Morgan fingerprint density at radius 2 is 2.06 bits per heavy atom. The second kappa shape index (κ2) is 2.93. The van der Waals surface area contributed by atoms with Crippen molar-refractivity contribution in [3.05, 3.63) is 58.7 Å². The number of benzene rings is 1. The third-order valence-corrected chi connectivity index (χ3v) is 5.11. The van der Waals surface area contributed by atoms with E-state index in [9.17, 15) is 0 Å². The zero-order valence-corrected chi connectivity index (χ0v) is 10.5. The third-order valence-electron chi connectivity index (χ3n) is 5.11. The van der Waals surface area contributed by atoms with E-state index in [0.29, 0.717) is 17.3 Å². The molecule has 3 aliphatic rings. The smallest absolute Gasteiger partial charge is 0.0128 e. The van der Waals surface area contributed by atoms with Gasteiger partial charge in [-0.05, 0) is 40.9 Å². The molecular weight excluding hydrogens is 204 g/mol. The molecule has 0 radical (unpaired) electrons. The molecule has 0 bridgehead atoms. The van der Waals surface area contributed by atoms with Crippen LogP contribution in [0, 0.1) is 5.92 Å². The van der Waals surface area contributed by atoms with E-state index in [0.717, 1.165) is 0 Å². The fraction of sp³-hybridized carbons (Fsp3) is 0.412. The molecule has 0 nitrogen and oxygen atoms in total. The van der Waals surface area contributed by atoms with E-state index in [1.807, 2.05) is 0 Å². The first kappa shape index (κ1) is 9.70. The summed E-state index contributed by atoms with van der Waals surface area (Å²) in [5.41, 5.74) is 6.85. The quantitative estimate of drug-likeness (QED) is 0.619. The first-order chi connectivity index (χ1) is 8.19. The number of rotatable bonds is 0. The molecule has 0 fully saturated rings. The summed E-state index contributed by atoms with van der Waals surface area (Å²) in [6.07, 6.45) is 9.58. The van der Waals surface area contributed by atoms with Crippen molar-refractivity contribution in [2.24, 2.45) is 5.92 Å². The van der Waals surface area contributed by atoms with Gasteiger partial charge in [-0.3, -0.25) is 0 Å². The fourth-order valence-electron chi connectivity index (χ4n) is 4.22. The minimum absolute atomic E-state index is 0.302. The van der Waals surface area contributed by atoms with Crippen molar-refractivity contribution in [1.82, 2.24) is 0 Å². The molecule has 0 N–H and O–H groups in total. The van der Waals surface area contributed by atoms with Gasteiger partial charge in [0.15, 0.2) is 0 Å². The molecule has 86 valence electrons. The molecule has 0 spiro atoms. The van der Waals surface area contributed by atoms with Crippen LogP contribution in [0.2, 0.25) is 0 Å². The predicted molar refractivity (Wildman–Crippen MR) is 71.2 cm³/mol. The Morgan fingerprint density at radius 3 is 2.94 bits per heavy atom. The minimum Gasteiger partial charge on any atom is -0.0796 e. The zero-order chi connectivity index (χ0) is 11.6. The molecular formula is C17H18. The first-order valence-corrected chi connectivity index (χ1v) is 6.69. The number of hydrogen-bond acceptors (Lipinski definition) is 0. The minimum atomic E-state index is 0.302. The van der Waals surface area contributed by atoms with Crippen molar-refractivity contribution in [2.45, 2.75) is 38.0 Å². The average Bonchev–Trinajstić information content (AvgIpc) is 2.59. The molecule has 0 amide bonds. The molecule has 17 heavy (non-hydrogen) atoms. The largest absolute Gasteiger partial charge is 0.0796 e. The van der Waals surface area contributed by atoms with Gasteiger partial charge in [0.1, 0.15) is 0 Å². The van der Waals surface area contributed by atoms with Gasteiger partial charge < -0.3 is 0 Å². The number of aryl methyl sites for hydroxylation is 1. The van der Waals surface area contributed by atoms with Crippen molar-refractivity contribution in [3.8, 4) is 0 Å². The second-order valence-corrected chi connectivity index (χ2v) is 6.23. The van der Waals surface area contributed by atoms with Gasteiger partial charge in [-0.25, -0.2) is 0 Å². The normalized spacial score (nSPS) is 31.1. The molecule has 1 aromatic rings. The van der Waals surface area contributed by atoms with Gasteiger partial charge in [-0.1, -0.05) is 55.8 Å². The van der Waals surface area contributed by atoms with Crippen LogP contribution in [0.5, 0.6) is 0 Å². The van der Waals surface area contributed by atoms with E-state index in [-0.39, 0.29) is 0 Å². The fourth-order valence-corrected chi connectivity index (χ4v) is 4.22. The van der Waals surface area contributed by atoms with E-state index in [1.165, 1.54) is 12.8 Å². The molecule has 0 saturated carbocycles. The van der Waals surface area contributed by atoms with Crippen molar-refractivity contribution in [2.75, 3.05) is 0 Å². The Hall–Kier alpha value is -1.30. The van der Waals surface area contributed by atoms with Crippen LogP contribution in [0.1, 0.15) is 42.9 Å². The Morgan fingerprint density at radius 1 is 1.18 bits per heavy atom.